The first-order valence-electron chi connectivity index (χ1n) is 5.50. The summed E-state index contributed by atoms with van der Waals surface area (Å²) in [5.74, 6) is 1.16. The molecule has 86 valence electrons. The SMILES string of the molecule is CC(C)C(C)C(C)(S)C(C)(C)CCO. The second-order valence-electron chi connectivity index (χ2n) is 5.54. The van der Waals surface area contributed by atoms with E-state index in [-0.39, 0.29) is 16.8 Å². The summed E-state index contributed by atoms with van der Waals surface area (Å²) in [6, 6.07) is 0. The molecule has 0 saturated heterocycles. The van der Waals surface area contributed by atoms with Gasteiger partial charge in [0.2, 0.25) is 0 Å². The Kier molecular flexibility index (Phi) is 5.00. The van der Waals surface area contributed by atoms with Crippen molar-refractivity contribution in [2.45, 2.75) is 52.7 Å². The molecule has 0 rings (SSSR count). The van der Waals surface area contributed by atoms with Crippen LogP contribution in [0.4, 0.5) is 0 Å². The van der Waals surface area contributed by atoms with E-state index in [9.17, 15) is 0 Å². The van der Waals surface area contributed by atoms with Crippen molar-refractivity contribution < 1.29 is 5.11 Å². The second-order valence-corrected chi connectivity index (χ2v) is 6.47. The average Bonchev–Trinajstić information content (AvgIpc) is 2.02. The molecule has 0 aromatic heterocycles. The molecule has 0 amide bonds. The quantitative estimate of drug-likeness (QED) is 0.678. The number of rotatable bonds is 5. The Morgan fingerprint density at radius 1 is 1.14 bits per heavy atom. The third-order valence-electron chi connectivity index (χ3n) is 3.99. The molecule has 0 aromatic rings. The predicted molar refractivity (Wildman–Crippen MR) is 66.9 cm³/mol. The summed E-state index contributed by atoms with van der Waals surface area (Å²) in [6.07, 6.45) is 0.810. The van der Waals surface area contributed by atoms with Crippen LogP contribution in [0.15, 0.2) is 0 Å². The Morgan fingerprint density at radius 2 is 1.57 bits per heavy atom. The molecule has 0 aliphatic heterocycles. The number of hydrogen-bond donors (Lipinski definition) is 2. The van der Waals surface area contributed by atoms with Gasteiger partial charge in [0, 0.05) is 11.4 Å². The first kappa shape index (κ1) is 14.3. The molecule has 2 atom stereocenters. The molecular weight excluding hydrogens is 192 g/mol. The molecule has 1 N–H and O–H groups in total. The summed E-state index contributed by atoms with van der Waals surface area (Å²) in [6.45, 7) is 13.5. The lowest BCUT2D eigenvalue weighted by Crippen LogP contribution is -2.44. The second kappa shape index (κ2) is 4.89. The first-order valence-corrected chi connectivity index (χ1v) is 5.94. The van der Waals surface area contributed by atoms with Crippen LogP contribution in [-0.4, -0.2) is 16.5 Å². The number of aliphatic hydroxyl groups excluding tert-OH is 1. The summed E-state index contributed by atoms with van der Waals surface area (Å²) < 4.78 is -0.0378. The highest BCUT2D eigenvalue weighted by Crippen LogP contribution is 2.46. The minimum absolute atomic E-state index is 0.0378. The lowest BCUT2D eigenvalue weighted by Gasteiger charge is -2.46. The van der Waals surface area contributed by atoms with Crippen molar-refractivity contribution in [2.24, 2.45) is 17.3 Å². The normalized spacial score (nSPS) is 19.5. The van der Waals surface area contributed by atoms with E-state index in [1.807, 2.05) is 0 Å². The molecule has 2 heteroatoms. The molecule has 0 radical (unpaired) electrons. The standard InChI is InChI=1S/C12H26OS/c1-9(2)10(3)12(6,14)11(4,5)7-8-13/h9-10,13-14H,7-8H2,1-6H3. The van der Waals surface area contributed by atoms with Crippen molar-refractivity contribution in [3.8, 4) is 0 Å². The Bertz CT molecular complexity index is 173. The van der Waals surface area contributed by atoms with Crippen molar-refractivity contribution >= 4 is 12.6 Å². The molecule has 2 unspecified atom stereocenters. The van der Waals surface area contributed by atoms with Gasteiger partial charge in [-0.1, -0.05) is 34.6 Å². The zero-order valence-corrected chi connectivity index (χ0v) is 11.4. The maximum atomic E-state index is 9.05. The molecular formula is C12H26OS. The van der Waals surface area contributed by atoms with Crippen LogP contribution in [0.25, 0.3) is 0 Å². The predicted octanol–water partition coefficient (Wildman–Crippen LogP) is 3.38. The van der Waals surface area contributed by atoms with Gasteiger partial charge in [0.1, 0.15) is 0 Å². The molecule has 0 bridgehead atoms. The van der Waals surface area contributed by atoms with Gasteiger partial charge in [-0.05, 0) is 30.6 Å². The van der Waals surface area contributed by atoms with Crippen LogP contribution in [-0.2, 0) is 0 Å². The Labute approximate surface area is 94.7 Å². The molecule has 14 heavy (non-hydrogen) atoms. The van der Waals surface area contributed by atoms with Gasteiger partial charge in [-0.3, -0.25) is 0 Å². The zero-order chi connectivity index (χ0) is 11.6. The average molecular weight is 218 g/mol. The van der Waals surface area contributed by atoms with E-state index in [0.29, 0.717) is 11.8 Å². The third-order valence-corrected chi connectivity index (χ3v) is 5.01. The fraction of sp³-hybridized carbons (Fsp3) is 1.00. The molecule has 0 heterocycles. The fourth-order valence-electron chi connectivity index (χ4n) is 1.80. The molecule has 1 nitrogen and oxygen atoms in total. The van der Waals surface area contributed by atoms with E-state index in [1.54, 1.807) is 0 Å². The number of hydrogen-bond acceptors (Lipinski definition) is 2. The van der Waals surface area contributed by atoms with Gasteiger partial charge in [0.25, 0.3) is 0 Å². The van der Waals surface area contributed by atoms with Gasteiger partial charge >= 0.3 is 0 Å². The van der Waals surface area contributed by atoms with E-state index < -0.39 is 0 Å². The molecule has 0 saturated carbocycles. The van der Waals surface area contributed by atoms with Crippen LogP contribution in [0.1, 0.15) is 48.0 Å². The van der Waals surface area contributed by atoms with E-state index >= 15 is 0 Å². The van der Waals surface area contributed by atoms with Gasteiger partial charge in [0.15, 0.2) is 0 Å². The Morgan fingerprint density at radius 3 is 1.86 bits per heavy atom. The van der Waals surface area contributed by atoms with Gasteiger partial charge in [-0.2, -0.15) is 12.6 Å². The lowest BCUT2D eigenvalue weighted by atomic mass is 9.68. The summed E-state index contributed by atoms with van der Waals surface area (Å²) in [4.78, 5) is 0. The molecule has 0 aliphatic rings. The number of thiol groups is 1. The molecule has 0 aromatic carbocycles. The highest BCUT2D eigenvalue weighted by atomic mass is 32.1. The monoisotopic (exact) mass is 218 g/mol. The van der Waals surface area contributed by atoms with E-state index in [0.717, 1.165) is 6.42 Å². The van der Waals surface area contributed by atoms with Crippen molar-refractivity contribution in [3.05, 3.63) is 0 Å². The smallest absolute Gasteiger partial charge is 0.0436 e. The van der Waals surface area contributed by atoms with Crippen LogP contribution in [0.2, 0.25) is 0 Å². The molecule has 0 aliphatic carbocycles. The number of aliphatic hydroxyl groups is 1. The highest BCUT2D eigenvalue weighted by molar-refractivity contribution is 7.81. The van der Waals surface area contributed by atoms with Gasteiger partial charge in [0.05, 0.1) is 0 Å². The van der Waals surface area contributed by atoms with Crippen LogP contribution < -0.4 is 0 Å². The lowest BCUT2D eigenvalue weighted by molar-refractivity contribution is 0.126. The maximum absolute atomic E-state index is 9.05. The first-order chi connectivity index (χ1) is 6.16. The highest BCUT2D eigenvalue weighted by Gasteiger charge is 2.42. The van der Waals surface area contributed by atoms with Gasteiger partial charge in [-0.25, -0.2) is 0 Å². The van der Waals surface area contributed by atoms with Crippen LogP contribution >= 0.6 is 12.6 Å². The van der Waals surface area contributed by atoms with Crippen molar-refractivity contribution in [3.63, 3.8) is 0 Å². The minimum Gasteiger partial charge on any atom is -0.396 e. The van der Waals surface area contributed by atoms with Crippen LogP contribution in [0.5, 0.6) is 0 Å². The Hall–Kier alpha value is 0.310. The maximum Gasteiger partial charge on any atom is 0.0436 e. The topological polar surface area (TPSA) is 20.2 Å². The van der Waals surface area contributed by atoms with E-state index in [1.165, 1.54) is 0 Å². The molecule has 0 fully saturated rings. The Balaban J connectivity index is 4.74. The van der Waals surface area contributed by atoms with Crippen molar-refractivity contribution in [2.75, 3.05) is 6.61 Å². The largest absolute Gasteiger partial charge is 0.396 e. The van der Waals surface area contributed by atoms with Gasteiger partial charge in [-0.15, -0.1) is 0 Å². The third kappa shape index (κ3) is 2.90. The molecule has 0 spiro atoms. The van der Waals surface area contributed by atoms with Gasteiger partial charge < -0.3 is 5.11 Å². The van der Waals surface area contributed by atoms with E-state index in [4.69, 9.17) is 17.7 Å². The summed E-state index contributed by atoms with van der Waals surface area (Å²) in [7, 11) is 0. The summed E-state index contributed by atoms with van der Waals surface area (Å²) in [5, 5.41) is 9.05. The summed E-state index contributed by atoms with van der Waals surface area (Å²) in [5.41, 5.74) is 0.0640. The van der Waals surface area contributed by atoms with E-state index in [2.05, 4.69) is 41.5 Å². The zero-order valence-electron chi connectivity index (χ0n) is 10.5. The fourth-order valence-corrected chi connectivity index (χ4v) is 2.21. The van der Waals surface area contributed by atoms with Crippen LogP contribution in [0, 0.1) is 17.3 Å². The van der Waals surface area contributed by atoms with Crippen LogP contribution in [0.3, 0.4) is 0 Å². The van der Waals surface area contributed by atoms with Crippen molar-refractivity contribution in [1.82, 2.24) is 0 Å². The van der Waals surface area contributed by atoms with Crippen molar-refractivity contribution in [1.29, 1.82) is 0 Å². The minimum atomic E-state index is -0.0378. The summed E-state index contributed by atoms with van der Waals surface area (Å²) >= 11 is 4.82.